The van der Waals surface area contributed by atoms with E-state index in [1.165, 1.54) is 0 Å². The molecule has 4 heteroatoms. The molecule has 1 amide bonds. The molecule has 0 spiro atoms. The number of aromatic amines is 1. The van der Waals surface area contributed by atoms with Crippen molar-refractivity contribution in [2.45, 2.75) is 64.8 Å². The Bertz CT molecular complexity index is 873. The van der Waals surface area contributed by atoms with E-state index in [1.54, 1.807) is 0 Å². The fraction of sp³-hybridized carbons (Fsp3) is 0.500. The molecule has 126 valence electrons. The lowest BCUT2D eigenvalue weighted by molar-refractivity contribution is -0.122. The number of fused-ring (bicyclic) bond motifs is 4. The second kappa shape index (κ2) is 4.95. The lowest BCUT2D eigenvalue weighted by Gasteiger charge is -2.24. The summed E-state index contributed by atoms with van der Waals surface area (Å²) in [5.41, 5.74) is 4.44. The predicted molar refractivity (Wildman–Crippen MR) is 95.8 cm³/mol. The Labute approximate surface area is 142 Å². The zero-order valence-electron chi connectivity index (χ0n) is 14.8. The summed E-state index contributed by atoms with van der Waals surface area (Å²) in [5.74, 6) is 0.372. The number of hydrogen-bond donors (Lipinski definition) is 1. The second-order valence-corrected chi connectivity index (χ2v) is 7.92. The van der Waals surface area contributed by atoms with Crippen LogP contribution in [0.2, 0.25) is 0 Å². The third-order valence-corrected chi connectivity index (χ3v) is 5.58. The third kappa shape index (κ3) is 1.92. The van der Waals surface area contributed by atoms with Crippen molar-refractivity contribution in [3.05, 3.63) is 29.0 Å². The van der Waals surface area contributed by atoms with Gasteiger partial charge in [-0.15, -0.1) is 0 Å². The van der Waals surface area contributed by atoms with E-state index in [0.29, 0.717) is 6.42 Å². The third-order valence-electron chi connectivity index (χ3n) is 5.58. The summed E-state index contributed by atoms with van der Waals surface area (Å²) in [6.07, 6.45) is 3.55. The van der Waals surface area contributed by atoms with Gasteiger partial charge in [-0.05, 0) is 70.2 Å². The monoisotopic (exact) mass is 324 g/mol. The molecular formula is C20H24N2O2. The van der Waals surface area contributed by atoms with Crippen molar-refractivity contribution in [3.8, 4) is 0 Å². The van der Waals surface area contributed by atoms with Crippen LogP contribution in [0.4, 0.5) is 5.69 Å². The van der Waals surface area contributed by atoms with Gasteiger partial charge in [0.1, 0.15) is 0 Å². The Morgan fingerprint density at radius 3 is 2.54 bits per heavy atom. The average molecular weight is 324 g/mol. The number of benzene rings is 1. The largest absolute Gasteiger partial charge is 0.352 e. The first-order valence-corrected chi connectivity index (χ1v) is 8.88. The van der Waals surface area contributed by atoms with Gasteiger partial charge in [0.15, 0.2) is 5.78 Å². The number of aromatic nitrogens is 1. The predicted octanol–water partition coefficient (Wildman–Crippen LogP) is 4.11. The summed E-state index contributed by atoms with van der Waals surface area (Å²) in [4.78, 5) is 30.5. The van der Waals surface area contributed by atoms with E-state index < -0.39 is 5.41 Å². The number of hydrogen-bond acceptors (Lipinski definition) is 2. The summed E-state index contributed by atoms with van der Waals surface area (Å²) in [6, 6.07) is 4.34. The topological polar surface area (TPSA) is 53.2 Å². The molecule has 1 aromatic heterocycles. The summed E-state index contributed by atoms with van der Waals surface area (Å²) in [7, 11) is 0. The van der Waals surface area contributed by atoms with Gasteiger partial charge in [-0.2, -0.15) is 0 Å². The molecule has 2 heterocycles. The molecule has 0 unspecified atom stereocenters. The number of rotatable bonds is 1. The lowest BCUT2D eigenvalue weighted by Crippen LogP contribution is -2.40. The Balaban J connectivity index is 2.00. The molecule has 1 aliphatic carbocycles. The van der Waals surface area contributed by atoms with Crippen molar-refractivity contribution in [2.24, 2.45) is 0 Å². The van der Waals surface area contributed by atoms with Crippen LogP contribution in [-0.2, 0) is 16.6 Å². The quantitative estimate of drug-likeness (QED) is 0.803. The standard InChI is InChI=1S/C20H24N2O2/c1-11(2)22-16-9-13-12-7-5-6-8-17(23)18(12)21-15(13)10-14(16)20(3,4)19(22)24/h9-11,21H,5-8H2,1-4H3. The summed E-state index contributed by atoms with van der Waals surface area (Å²) < 4.78 is 0. The Morgan fingerprint density at radius 1 is 1.12 bits per heavy atom. The van der Waals surface area contributed by atoms with Crippen LogP contribution in [0.15, 0.2) is 12.1 Å². The maximum absolute atomic E-state index is 12.9. The number of H-pyrrole nitrogens is 1. The SMILES string of the molecule is CC(C)N1C(=O)C(C)(C)c2cc3[nH]c4c(c3cc21)CCCCC4=O. The molecule has 1 aliphatic heterocycles. The molecule has 24 heavy (non-hydrogen) atoms. The normalized spacial score (nSPS) is 19.8. The minimum atomic E-state index is -0.527. The van der Waals surface area contributed by atoms with Crippen LogP contribution >= 0.6 is 0 Å². The highest BCUT2D eigenvalue weighted by molar-refractivity contribution is 6.11. The lowest BCUT2D eigenvalue weighted by atomic mass is 9.85. The molecule has 4 rings (SSSR count). The van der Waals surface area contributed by atoms with E-state index in [2.05, 4.69) is 31.0 Å². The number of ketones is 1. The van der Waals surface area contributed by atoms with Crippen molar-refractivity contribution in [1.29, 1.82) is 0 Å². The first-order chi connectivity index (χ1) is 11.3. The smallest absolute Gasteiger partial charge is 0.237 e. The van der Waals surface area contributed by atoms with E-state index in [4.69, 9.17) is 0 Å². The highest BCUT2D eigenvalue weighted by Gasteiger charge is 2.45. The number of nitrogens with one attached hydrogen (secondary N) is 1. The van der Waals surface area contributed by atoms with Crippen LogP contribution in [0.1, 0.15) is 68.6 Å². The van der Waals surface area contributed by atoms with Crippen molar-refractivity contribution in [2.75, 3.05) is 4.90 Å². The average Bonchev–Trinajstić information content (AvgIpc) is 2.88. The first-order valence-electron chi connectivity index (χ1n) is 8.88. The van der Waals surface area contributed by atoms with Crippen LogP contribution in [0.25, 0.3) is 10.9 Å². The molecule has 2 aromatic rings. The van der Waals surface area contributed by atoms with Gasteiger partial charge in [0.25, 0.3) is 0 Å². The molecule has 0 radical (unpaired) electrons. The molecule has 2 aliphatic rings. The molecule has 0 bridgehead atoms. The van der Waals surface area contributed by atoms with Crippen molar-refractivity contribution in [1.82, 2.24) is 4.98 Å². The summed E-state index contributed by atoms with van der Waals surface area (Å²) in [6.45, 7) is 8.08. The van der Waals surface area contributed by atoms with Crippen molar-refractivity contribution >= 4 is 28.3 Å². The van der Waals surface area contributed by atoms with Crippen molar-refractivity contribution < 1.29 is 9.59 Å². The molecule has 0 fully saturated rings. The number of carbonyl (C=O) groups excluding carboxylic acids is 2. The van der Waals surface area contributed by atoms with Gasteiger partial charge in [-0.1, -0.05) is 0 Å². The molecule has 1 N–H and O–H groups in total. The summed E-state index contributed by atoms with van der Waals surface area (Å²) in [5, 5.41) is 1.11. The van der Waals surface area contributed by atoms with Crippen molar-refractivity contribution in [3.63, 3.8) is 0 Å². The number of nitrogens with zero attached hydrogens (tertiary/aromatic N) is 1. The van der Waals surface area contributed by atoms with Crippen LogP contribution in [0.3, 0.4) is 0 Å². The number of Topliss-reactive ketones (excluding diaryl/α,β-unsaturated/α-hetero) is 1. The summed E-state index contributed by atoms with van der Waals surface area (Å²) >= 11 is 0. The zero-order valence-corrected chi connectivity index (χ0v) is 14.8. The number of carbonyl (C=O) groups is 2. The molecule has 0 saturated carbocycles. The van der Waals surface area contributed by atoms with Gasteiger partial charge in [0.2, 0.25) is 5.91 Å². The van der Waals surface area contributed by atoms with Gasteiger partial charge < -0.3 is 9.88 Å². The van der Waals surface area contributed by atoms with E-state index in [1.807, 2.05) is 18.7 Å². The van der Waals surface area contributed by atoms with E-state index in [-0.39, 0.29) is 17.7 Å². The van der Waals surface area contributed by atoms with E-state index in [0.717, 1.165) is 52.7 Å². The molecule has 4 nitrogen and oxygen atoms in total. The zero-order chi connectivity index (χ0) is 17.2. The highest BCUT2D eigenvalue weighted by Crippen LogP contribution is 2.45. The molecular weight excluding hydrogens is 300 g/mol. The Morgan fingerprint density at radius 2 is 1.83 bits per heavy atom. The maximum Gasteiger partial charge on any atom is 0.237 e. The molecule has 1 aromatic carbocycles. The minimum Gasteiger partial charge on any atom is -0.352 e. The van der Waals surface area contributed by atoms with Gasteiger partial charge >= 0.3 is 0 Å². The van der Waals surface area contributed by atoms with E-state index in [9.17, 15) is 9.59 Å². The number of aryl methyl sites for hydroxylation is 1. The fourth-order valence-electron chi connectivity index (χ4n) is 4.23. The molecule has 0 saturated heterocycles. The van der Waals surface area contributed by atoms with Gasteiger partial charge in [0, 0.05) is 29.1 Å². The van der Waals surface area contributed by atoms with Crippen LogP contribution < -0.4 is 4.90 Å². The van der Waals surface area contributed by atoms with Gasteiger partial charge in [-0.25, -0.2) is 0 Å². The van der Waals surface area contributed by atoms with Crippen LogP contribution in [0, 0.1) is 0 Å². The second-order valence-electron chi connectivity index (χ2n) is 7.92. The van der Waals surface area contributed by atoms with Gasteiger partial charge in [0.05, 0.1) is 11.1 Å². The Hall–Kier alpha value is -2.10. The maximum atomic E-state index is 12.9. The van der Waals surface area contributed by atoms with Crippen LogP contribution in [-0.4, -0.2) is 22.7 Å². The fourth-order valence-corrected chi connectivity index (χ4v) is 4.23. The number of amides is 1. The van der Waals surface area contributed by atoms with E-state index >= 15 is 0 Å². The number of anilines is 1. The Kier molecular flexibility index (Phi) is 3.18. The van der Waals surface area contributed by atoms with Crippen LogP contribution in [0.5, 0.6) is 0 Å². The van der Waals surface area contributed by atoms with Gasteiger partial charge in [-0.3, -0.25) is 9.59 Å². The molecule has 0 atom stereocenters. The first kappa shape index (κ1) is 15.4. The highest BCUT2D eigenvalue weighted by atomic mass is 16.2. The minimum absolute atomic E-state index is 0.120.